The molecule has 37 heavy (non-hydrogen) atoms. The Morgan fingerprint density at radius 2 is 1.84 bits per heavy atom. The number of carbonyl (C=O) groups is 1. The fourth-order valence-corrected chi connectivity index (χ4v) is 4.18. The number of rotatable bonds is 5. The summed E-state index contributed by atoms with van der Waals surface area (Å²) < 4.78 is 45.7. The van der Waals surface area contributed by atoms with Gasteiger partial charge in [0, 0.05) is 39.2 Å². The molecule has 0 spiro atoms. The highest BCUT2D eigenvalue weighted by atomic mass is 35.5. The van der Waals surface area contributed by atoms with Crippen LogP contribution in [-0.2, 0) is 17.4 Å². The van der Waals surface area contributed by atoms with Crippen LogP contribution in [0.1, 0.15) is 16.7 Å². The van der Waals surface area contributed by atoms with Crippen molar-refractivity contribution in [1.29, 1.82) is 0 Å². The molecule has 4 aromatic rings. The molecule has 190 valence electrons. The summed E-state index contributed by atoms with van der Waals surface area (Å²) in [5.41, 5.74) is -2.06. The van der Waals surface area contributed by atoms with Crippen molar-refractivity contribution >= 4 is 51.5 Å². The summed E-state index contributed by atoms with van der Waals surface area (Å²) in [6.07, 6.45) is -5.49. The number of nitrogens with one attached hydrogen (secondary N) is 1. The Hall–Kier alpha value is -3.89. The summed E-state index contributed by atoms with van der Waals surface area (Å²) in [4.78, 5) is 36.6. The molecule has 1 amide bonds. The van der Waals surface area contributed by atoms with E-state index in [2.05, 4.69) is 5.32 Å². The Labute approximate surface area is 216 Å². The molecule has 0 saturated heterocycles. The van der Waals surface area contributed by atoms with Gasteiger partial charge in [-0.05, 0) is 42.3 Å². The Morgan fingerprint density at radius 3 is 2.51 bits per heavy atom. The van der Waals surface area contributed by atoms with E-state index < -0.39 is 40.3 Å². The molecule has 1 aromatic heterocycles. The maximum atomic E-state index is 13.5. The number of anilines is 1. The summed E-state index contributed by atoms with van der Waals surface area (Å²) in [6, 6.07) is 11.2. The van der Waals surface area contributed by atoms with Crippen LogP contribution in [-0.4, -0.2) is 10.8 Å². The van der Waals surface area contributed by atoms with Crippen molar-refractivity contribution < 1.29 is 27.3 Å². The minimum Gasteiger partial charge on any atom is -0.422 e. The number of benzene rings is 3. The van der Waals surface area contributed by atoms with Crippen LogP contribution in [0.15, 0.2) is 63.8 Å². The molecule has 0 bridgehead atoms. The van der Waals surface area contributed by atoms with Gasteiger partial charge in [-0.3, -0.25) is 14.9 Å². The number of alkyl halides is 3. The minimum atomic E-state index is -4.81. The third-order valence-corrected chi connectivity index (χ3v) is 6.17. The van der Waals surface area contributed by atoms with E-state index in [0.29, 0.717) is 22.0 Å². The largest absolute Gasteiger partial charge is 0.422 e. The van der Waals surface area contributed by atoms with Crippen molar-refractivity contribution in [2.45, 2.75) is 19.5 Å². The van der Waals surface area contributed by atoms with Crippen molar-refractivity contribution in [3.8, 4) is 11.1 Å². The highest BCUT2D eigenvalue weighted by Gasteiger charge is 2.34. The molecule has 0 aliphatic rings. The monoisotopic (exact) mass is 550 g/mol. The fraction of sp³-hybridized carbons (Fsp3) is 0.120. The van der Waals surface area contributed by atoms with Crippen molar-refractivity contribution in [1.82, 2.24) is 0 Å². The van der Waals surface area contributed by atoms with Crippen LogP contribution in [0.2, 0.25) is 10.0 Å². The molecule has 7 nitrogen and oxygen atoms in total. The second-order valence-electron chi connectivity index (χ2n) is 8.06. The number of nitro groups is 1. The zero-order valence-electron chi connectivity index (χ0n) is 18.8. The SMILES string of the molecule is Cc1cc2c(-c3cccc([N+](=O)[O-])c3)c(CC(=O)Nc3ccc(Cl)cc3C(F)(F)F)c(=O)oc2cc1Cl. The van der Waals surface area contributed by atoms with Crippen molar-refractivity contribution in [3.63, 3.8) is 0 Å². The van der Waals surface area contributed by atoms with Crippen LogP contribution >= 0.6 is 23.2 Å². The number of hydrogen-bond acceptors (Lipinski definition) is 5. The zero-order chi connectivity index (χ0) is 27.1. The third-order valence-electron chi connectivity index (χ3n) is 5.53. The Balaban J connectivity index is 1.86. The van der Waals surface area contributed by atoms with Gasteiger partial charge in [0.15, 0.2) is 0 Å². The van der Waals surface area contributed by atoms with E-state index in [4.69, 9.17) is 27.6 Å². The molecule has 3 aromatic carbocycles. The summed E-state index contributed by atoms with van der Waals surface area (Å²) >= 11 is 11.9. The Kier molecular flexibility index (Phi) is 6.98. The summed E-state index contributed by atoms with van der Waals surface area (Å²) in [5.74, 6) is -0.947. The lowest BCUT2D eigenvalue weighted by atomic mass is 9.94. The summed E-state index contributed by atoms with van der Waals surface area (Å²) in [6.45, 7) is 1.69. The first-order valence-electron chi connectivity index (χ1n) is 10.5. The standard InChI is InChI=1S/C25H15Cl2F3N2O5/c1-12-7-16-21(11-19(12)27)37-24(34)17(23(16)13-3-2-4-15(8-13)32(35)36)10-22(33)31-20-6-5-14(26)9-18(20)25(28,29)30/h2-9,11H,10H2,1H3,(H,31,33). The molecule has 12 heteroatoms. The van der Waals surface area contributed by atoms with Crippen LogP contribution in [0, 0.1) is 17.0 Å². The highest BCUT2D eigenvalue weighted by molar-refractivity contribution is 6.32. The number of halogens is 5. The minimum absolute atomic E-state index is 0.0725. The van der Waals surface area contributed by atoms with Crippen LogP contribution in [0.25, 0.3) is 22.1 Å². The molecule has 1 N–H and O–H groups in total. The normalized spacial score (nSPS) is 11.5. The molecule has 0 aliphatic carbocycles. The van der Waals surface area contributed by atoms with Gasteiger partial charge in [0.25, 0.3) is 5.69 Å². The van der Waals surface area contributed by atoms with Crippen LogP contribution in [0.5, 0.6) is 0 Å². The molecule has 0 atom stereocenters. The van der Waals surface area contributed by atoms with E-state index >= 15 is 0 Å². The lowest BCUT2D eigenvalue weighted by Gasteiger charge is -2.16. The number of hydrogen-bond donors (Lipinski definition) is 1. The molecule has 4 rings (SSSR count). The lowest BCUT2D eigenvalue weighted by Crippen LogP contribution is -2.22. The van der Waals surface area contributed by atoms with Crippen LogP contribution < -0.4 is 10.9 Å². The predicted octanol–water partition coefficient (Wildman–Crippen LogP) is 7.18. The lowest BCUT2D eigenvalue weighted by molar-refractivity contribution is -0.384. The van der Waals surface area contributed by atoms with Gasteiger partial charge in [-0.1, -0.05) is 35.3 Å². The topological polar surface area (TPSA) is 102 Å². The number of nitro benzene ring substituents is 1. The third kappa shape index (κ3) is 5.45. The zero-order valence-corrected chi connectivity index (χ0v) is 20.3. The van der Waals surface area contributed by atoms with E-state index in [1.54, 1.807) is 13.0 Å². The second-order valence-corrected chi connectivity index (χ2v) is 8.90. The van der Waals surface area contributed by atoms with E-state index in [1.807, 2.05) is 0 Å². The fourth-order valence-electron chi connectivity index (χ4n) is 3.85. The molecule has 0 radical (unpaired) electrons. The quantitative estimate of drug-likeness (QED) is 0.161. The van der Waals surface area contributed by atoms with Crippen molar-refractivity contribution in [2.24, 2.45) is 0 Å². The first-order valence-corrected chi connectivity index (χ1v) is 11.3. The smallest absolute Gasteiger partial charge is 0.418 e. The summed E-state index contributed by atoms with van der Waals surface area (Å²) in [5, 5.41) is 14.0. The number of aryl methyl sites for hydroxylation is 1. The van der Waals surface area contributed by atoms with Gasteiger partial charge >= 0.3 is 11.8 Å². The van der Waals surface area contributed by atoms with Gasteiger partial charge in [0.1, 0.15) is 5.58 Å². The Bertz CT molecular complexity index is 1630. The van der Waals surface area contributed by atoms with E-state index in [-0.39, 0.29) is 33.0 Å². The summed E-state index contributed by atoms with van der Waals surface area (Å²) in [7, 11) is 0. The first-order chi connectivity index (χ1) is 17.3. The second kappa shape index (κ2) is 9.87. The van der Waals surface area contributed by atoms with E-state index in [0.717, 1.165) is 6.07 Å². The van der Waals surface area contributed by atoms with Gasteiger partial charge in [-0.2, -0.15) is 13.2 Å². The highest BCUT2D eigenvalue weighted by Crippen LogP contribution is 2.38. The molecule has 0 unspecified atom stereocenters. The molecule has 0 saturated carbocycles. The average molecular weight is 551 g/mol. The number of amides is 1. The number of carbonyl (C=O) groups excluding carboxylic acids is 1. The van der Waals surface area contributed by atoms with Gasteiger partial charge in [0.05, 0.1) is 28.2 Å². The van der Waals surface area contributed by atoms with Crippen molar-refractivity contribution in [2.75, 3.05) is 5.32 Å². The number of fused-ring (bicyclic) bond motifs is 1. The van der Waals surface area contributed by atoms with Gasteiger partial charge in [-0.25, -0.2) is 4.79 Å². The maximum Gasteiger partial charge on any atom is 0.418 e. The molecular formula is C25H15Cl2F3N2O5. The van der Waals surface area contributed by atoms with Gasteiger partial charge in [0.2, 0.25) is 5.91 Å². The predicted molar refractivity (Wildman–Crippen MR) is 133 cm³/mol. The van der Waals surface area contributed by atoms with Crippen molar-refractivity contribution in [3.05, 3.63) is 102 Å². The molecular weight excluding hydrogens is 536 g/mol. The number of nitrogens with zero attached hydrogens (tertiary/aromatic N) is 1. The van der Waals surface area contributed by atoms with Gasteiger partial charge in [-0.15, -0.1) is 0 Å². The Morgan fingerprint density at radius 1 is 1.11 bits per heavy atom. The average Bonchev–Trinajstić information content (AvgIpc) is 2.81. The molecule has 0 fully saturated rings. The number of non-ortho nitro benzene ring substituents is 1. The maximum absolute atomic E-state index is 13.5. The molecule has 1 heterocycles. The van der Waals surface area contributed by atoms with Crippen LogP contribution in [0.4, 0.5) is 24.5 Å². The first kappa shape index (κ1) is 26.2. The molecule has 0 aliphatic heterocycles. The van der Waals surface area contributed by atoms with Gasteiger partial charge < -0.3 is 9.73 Å². The van der Waals surface area contributed by atoms with Crippen LogP contribution in [0.3, 0.4) is 0 Å². The van der Waals surface area contributed by atoms with E-state index in [1.165, 1.54) is 36.4 Å². The van der Waals surface area contributed by atoms with E-state index in [9.17, 15) is 32.9 Å².